The lowest BCUT2D eigenvalue weighted by molar-refractivity contribution is -0.0989. The maximum atomic E-state index is 2.64. The van der Waals surface area contributed by atoms with Gasteiger partial charge in [-0.2, -0.15) is 0 Å². The molecule has 0 heteroatoms. The lowest BCUT2D eigenvalue weighted by Crippen LogP contribution is -2.65. The zero-order chi connectivity index (χ0) is 24.8. The smallest absolute Gasteiger partial charge is 0.00246 e. The van der Waals surface area contributed by atoms with Crippen molar-refractivity contribution in [1.29, 1.82) is 0 Å². The van der Waals surface area contributed by atoms with Crippen LogP contribution in [0.4, 0.5) is 0 Å². The molecule has 0 saturated heterocycles. The predicted octanol–water partition coefficient (Wildman–Crippen LogP) is 9.04. The maximum Gasteiger partial charge on any atom is -0.00246 e. The highest BCUT2D eigenvalue weighted by molar-refractivity contribution is 5.48. The highest BCUT2D eigenvalue weighted by atomic mass is 14.7. The van der Waals surface area contributed by atoms with Crippen molar-refractivity contribution in [1.82, 2.24) is 0 Å². The van der Waals surface area contributed by atoms with Gasteiger partial charge in [0.05, 0.1) is 0 Å². The van der Waals surface area contributed by atoms with Crippen molar-refractivity contribution in [3.63, 3.8) is 0 Å². The van der Waals surface area contributed by atoms with E-state index in [0.717, 1.165) is 0 Å². The van der Waals surface area contributed by atoms with E-state index in [1.165, 1.54) is 71.9 Å². The van der Waals surface area contributed by atoms with Crippen LogP contribution in [0.3, 0.4) is 0 Å². The largest absolute Gasteiger partial charge is 0.0595 e. The Bertz CT molecular complexity index is 1110. The van der Waals surface area contributed by atoms with Gasteiger partial charge in [0.1, 0.15) is 0 Å². The Kier molecular flexibility index (Phi) is 4.84. The fourth-order valence-electron chi connectivity index (χ4n) is 9.91. The van der Waals surface area contributed by atoms with Crippen LogP contribution in [0.15, 0.2) is 54.6 Å². The number of hydrogen-bond donors (Lipinski definition) is 0. The third kappa shape index (κ3) is 3.62. The van der Waals surface area contributed by atoms with Crippen molar-refractivity contribution >= 4 is 0 Å². The second kappa shape index (κ2) is 7.34. The molecule has 4 saturated carbocycles. The first-order valence-corrected chi connectivity index (χ1v) is 13.7. The average molecular weight is 463 g/mol. The summed E-state index contributed by atoms with van der Waals surface area (Å²) in [6, 6.07) is 22.3. The van der Waals surface area contributed by atoms with Gasteiger partial charge in [-0.15, -0.1) is 0 Å². The molecular formula is C35H42. The van der Waals surface area contributed by atoms with Crippen LogP contribution >= 0.6 is 0 Å². The van der Waals surface area contributed by atoms with Gasteiger partial charge >= 0.3 is 0 Å². The minimum absolute atomic E-state index is 0.246. The first-order chi connectivity index (χ1) is 16.4. The minimum atomic E-state index is 0.246. The number of aryl methyl sites for hydroxylation is 6. The molecule has 0 atom stereocenters. The van der Waals surface area contributed by atoms with E-state index in [0.29, 0.717) is 5.41 Å². The summed E-state index contributed by atoms with van der Waals surface area (Å²) in [4.78, 5) is 0. The fourth-order valence-corrected chi connectivity index (χ4v) is 9.91. The van der Waals surface area contributed by atoms with Crippen LogP contribution in [-0.4, -0.2) is 0 Å². The van der Waals surface area contributed by atoms with Crippen LogP contribution < -0.4 is 0 Å². The molecule has 0 aromatic heterocycles. The first-order valence-electron chi connectivity index (χ1n) is 13.7. The normalized spacial score (nSPS) is 33.3. The van der Waals surface area contributed by atoms with E-state index in [1.807, 2.05) is 0 Å². The molecule has 0 radical (unpaired) electrons. The summed E-state index contributed by atoms with van der Waals surface area (Å²) < 4.78 is 0. The Hall–Kier alpha value is -2.34. The summed E-state index contributed by atoms with van der Waals surface area (Å²) in [5.74, 6) is 0. The van der Waals surface area contributed by atoms with Crippen LogP contribution in [0.5, 0.6) is 0 Å². The molecule has 4 aliphatic carbocycles. The Balaban J connectivity index is 1.63. The molecule has 7 rings (SSSR count). The molecule has 0 nitrogen and oxygen atoms in total. The summed E-state index contributed by atoms with van der Waals surface area (Å²) >= 11 is 0. The van der Waals surface area contributed by atoms with E-state index in [1.54, 1.807) is 16.7 Å². The number of benzene rings is 3. The van der Waals surface area contributed by atoms with Crippen LogP contribution in [0.25, 0.3) is 0 Å². The van der Waals surface area contributed by atoms with Gasteiger partial charge in [-0.3, -0.25) is 0 Å². The van der Waals surface area contributed by atoms with Gasteiger partial charge in [-0.25, -0.2) is 0 Å². The molecular weight excluding hydrogens is 420 g/mol. The third-order valence-electron chi connectivity index (χ3n) is 9.83. The zero-order valence-electron chi connectivity index (χ0n) is 22.9. The molecule has 0 N–H and O–H groups in total. The first kappa shape index (κ1) is 23.1. The summed E-state index contributed by atoms with van der Waals surface area (Å²) in [6.07, 6.45) is 7.90. The number of rotatable bonds is 3. The van der Waals surface area contributed by atoms with Crippen molar-refractivity contribution < 1.29 is 0 Å². The fraction of sp³-hybridized carbons (Fsp3) is 0.486. The maximum absolute atomic E-state index is 2.64. The quantitative estimate of drug-likeness (QED) is 0.364. The van der Waals surface area contributed by atoms with Crippen molar-refractivity contribution in [3.8, 4) is 0 Å². The molecule has 4 aliphatic rings. The van der Waals surface area contributed by atoms with Gasteiger partial charge in [0, 0.05) is 0 Å². The molecule has 0 unspecified atom stereocenters. The van der Waals surface area contributed by atoms with E-state index in [4.69, 9.17) is 0 Å². The average Bonchev–Trinajstić information content (AvgIpc) is 2.70. The molecule has 3 aromatic carbocycles. The van der Waals surface area contributed by atoms with Crippen LogP contribution in [-0.2, 0) is 16.2 Å². The lowest BCUT2D eigenvalue weighted by Gasteiger charge is -2.71. The second-order valence-corrected chi connectivity index (χ2v) is 13.8. The van der Waals surface area contributed by atoms with E-state index < -0.39 is 0 Å². The molecule has 0 spiro atoms. The SMILES string of the molecule is Cc1cc(C)cc(C23CC4(C)CC(c5cc(C)cc(C)c5)(C2)CC(c2cc(C)cc(C)c2)(C4)C3)c1. The zero-order valence-corrected chi connectivity index (χ0v) is 22.9. The van der Waals surface area contributed by atoms with Crippen molar-refractivity contribution in [2.24, 2.45) is 5.41 Å². The molecule has 0 amide bonds. The van der Waals surface area contributed by atoms with Crippen molar-refractivity contribution in [2.75, 3.05) is 0 Å². The Morgan fingerprint density at radius 3 is 0.829 bits per heavy atom. The van der Waals surface area contributed by atoms with E-state index in [2.05, 4.69) is 103 Å². The standard InChI is InChI=1S/C35H42/c1-23-8-24(2)12-29(11-23)33-17-32(7)18-34(20-33,30-13-25(3)9-26(4)14-30)22-35(19-32,21-33)31-15-27(5)10-28(6)16-31/h8-16H,17-22H2,1-7H3. The van der Waals surface area contributed by atoms with Crippen molar-refractivity contribution in [3.05, 3.63) is 105 Å². The minimum Gasteiger partial charge on any atom is -0.0595 e. The second-order valence-electron chi connectivity index (χ2n) is 13.8. The predicted molar refractivity (Wildman–Crippen MR) is 149 cm³/mol. The molecule has 4 fully saturated rings. The van der Waals surface area contributed by atoms with E-state index in [9.17, 15) is 0 Å². The lowest BCUT2D eigenvalue weighted by atomic mass is 9.33. The van der Waals surface area contributed by atoms with Crippen molar-refractivity contribution in [2.45, 2.75) is 103 Å². The van der Waals surface area contributed by atoms with Gasteiger partial charge in [-0.05, 0) is 118 Å². The van der Waals surface area contributed by atoms with Crippen LogP contribution in [0, 0.1) is 47.0 Å². The molecule has 0 heterocycles. The highest BCUT2D eigenvalue weighted by Gasteiger charge is 2.67. The Labute approximate surface area is 213 Å². The summed E-state index contributed by atoms with van der Waals surface area (Å²) in [5.41, 5.74) is 14.5. The molecule has 35 heavy (non-hydrogen) atoms. The Morgan fingerprint density at radius 1 is 0.371 bits per heavy atom. The van der Waals surface area contributed by atoms with E-state index in [-0.39, 0.29) is 16.2 Å². The molecule has 0 aliphatic heterocycles. The van der Waals surface area contributed by atoms with Gasteiger partial charge in [0.25, 0.3) is 0 Å². The molecule has 3 aromatic rings. The summed E-state index contributed by atoms with van der Waals surface area (Å²) in [5, 5.41) is 0. The van der Waals surface area contributed by atoms with Gasteiger partial charge in [-0.1, -0.05) is 94.9 Å². The summed E-state index contributed by atoms with van der Waals surface area (Å²) in [7, 11) is 0. The monoisotopic (exact) mass is 462 g/mol. The van der Waals surface area contributed by atoms with Crippen LogP contribution in [0.1, 0.15) is 95.5 Å². The van der Waals surface area contributed by atoms with Gasteiger partial charge in [0.2, 0.25) is 0 Å². The van der Waals surface area contributed by atoms with E-state index >= 15 is 0 Å². The number of hydrogen-bond acceptors (Lipinski definition) is 0. The topological polar surface area (TPSA) is 0 Å². The third-order valence-corrected chi connectivity index (χ3v) is 9.83. The molecule has 182 valence electrons. The van der Waals surface area contributed by atoms with Gasteiger partial charge < -0.3 is 0 Å². The van der Waals surface area contributed by atoms with Gasteiger partial charge in [0.15, 0.2) is 0 Å². The van der Waals surface area contributed by atoms with Crippen LogP contribution in [0.2, 0.25) is 0 Å². The summed E-state index contributed by atoms with van der Waals surface area (Å²) in [6.45, 7) is 16.4. The Morgan fingerprint density at radius 2 is 0.600 bits per heavy atom. The highest BCUT2D eigenvalue weighted by Crippen LogP contribution is 2.74. The molecule has 4 bridgehead atoms.